The zero-order valence-corrected chi connectivity index (χ0v) is 10.4. The van der Waals surface area contributed by atoms with Gasteiger partial charge in [0.2, 0.25) is 0 Å². The van der Waals surface area contributed by atoms with E-state index < -0.39 is 11.7 Å². The maximum Gasteiger partial charge on any atom is 0.416 e. The van der Waals surface area contributed by atoms with Crippen LogP contribution in [0.1, 0.15) is 16.1 Å². The summed E-state index contributed by atoms with van der Waals surface area (Å²) in [4.78, 5) is 5.14. The molecule has 6 heteroatoms. The lowest BCUT2D eigenvalue weighted by atomic mass is 10.1. The van der Waals surface area contributed by atoms with Gasteiger partial charge >= 0.3 is 6.18 Å². The van der Waals surface area contributed by atoms with Gasteiger partial charge in [0.15, 0.2) is 0 Å². The highest BCUT2D eigenvalue weighted by molar-refractivity contribution is 7.15. The molecular weight excluding hydrogens is 261 g/mol. The lowest BCUT2D eigenvalue weighted by molar-refractivity contribution is -0.137. The summed E-state index contributed by atoms with van der Waals surface area (Å²) in [7, 11) is 0. The molecule has 96 valence electrons. The predicted molar refractivity (Wildman–Crippen MR) is 65.2 cm³/mol. The van der Waals surface area contributed by atoms with E-state index in [4.69, 9.17) is 5.73 Å². The van der Waals surface area contributed by atoms with Gasteiger partial charge in [-0.05, 0) is 19.1 Å². The minimum Gasteiger partial charge on any atom is -0.326 e. The molecule has 2 aromatic rings. The number of hydrogen-bond acceptors (Lipinski definition) is 3. The first kappa shape index (κ1) is 13.0. The molecule has 0 atom stereocenters. The van der Waals surface area contributed by atoms with Crippen LogP contribution in [0.2, 0.25) is 0 Å². The van der Waals surface area contributed by atoms with E-state index in [1.807, 2.05) is 0 Å². The number of benzene rings is 1. The Balaban J connectivity index is 2.44. The Kier molecular flexibility index (Phi) is 3.41. The second-order valence-corrected chi connectivity index (χ2v) is 4.89. The fourth-order valence-electron chi connectivity index (χ4n) is 1.57. The maximum absolute atomic E-state index is 12.6. The number of thiazole rings is 1. The molecule has 0 unspecified atom stereocenters. The van der Waals surface area contributed by atoms with E-state index in [1.54, 1.807) is 13.0 Å². The monoisotopic (exact) mass is 272 g/mol. The van der Waals surface area contributed by atoms with Crippen LogP contribution in [0.5, 0.6) is 0 Å². The van der Waals surface area contributed by atoms with Gasteiger partial charge in [-0.3, -0.25) is 0 Å². The lowest BCUT2D eigenvalue weighted by Crippen LogP contribution is -2.04. The summed E-state index contributed by atoms with van der Waals surface area (Å²) < 4.78 is 37.8. The molecule has 2 rings (SSSR count). The van der Waals surface area contributed by atoms with Crippen molar-refractivity contribution >= 4 is 11.3 Å². The molecule has 0 fully saturated rings. The van der Waals surface area contributed by atoms with Crippen molar-refractivity contribution in [1.82, 2.24) is 4.98 Å². The first-order valence-corrected chi connectivity index (χ1v) is 6.07. The fraction of sp³-hybridized carbons (Fsp3) is 0.250. The third-order valence-electron chi connectivity index (χ3n) is 2.51. The van der Waals surface area contributed by atoms with E-state index in [2.05, 4.69) is 4.98 Å². The van der Waals surface area contributed by atoms with Gasteiger partial charge in [0.1, 0.15) is 5.01 Å². The molecule has 0 aliphatic carbocycles. The van der Waals surface area contributed by atoms with Gasteiger partial charge in [0.25, 0.3) is 0 Å². The normalized spacial score (nSPS) is 11.8. The van der Waals surface area contributed by atoms with Gasteiger partial charge in [0, 0.05) is 17.0 Å². The zero-order chi connectivity index (χ0) is 13.3. The Morgan fingerprint density at radius 3 is 2.61 bits per heavy atom. The number of aromatic nitrogens is 1. The molecular formula is C12H11F3N2S. The van der Waals surface area contributed by atoms with Crippen LogP contribution in [0.25, 0.3) is 10.6 Å². The van der Waals surface area contributed by atoms with Crippen LogP contribution in [0.15, 0.2) is 24.3 Å². The molecule has 2 nitrogen and oxygen atoms in total. The Labute approximate surface area is 106 Å². The standard InChI is InChI=1S/C12H11F3N2S/c1-7-10(6-16)18-11(17-7)8-3-2-4-9(5-8)12(13,14)15/h2-5H,6,16H2,1H3. The molecule has 1 aromatic heterocycles. The number of aryl methyl sites for hydroxylation is 1. The molecule has 0 spiro atoms. The summed E-state index contributed by atoms with van der Waals surface area (Å²) >= 11 is 1.33. The van der Waals surface area contributed by atoms with Gasteiger partial charge in [-0.1, -0.05) is 12.1 Å². The van der Waals surface area contributed by atoms with Crippen molar-refractivity contribution in [3.05, 3.63) is 40.4 Å². The molecule has 0 amide bonds. The van der Waals surface area contributed by atoms with Crippen molar-refractivity contribution in [2.45, 2.75) is 19.6 Å². The molecule has 1 aromatic carbocycles. The number of alkyl halides is 3. The van der Waals surface area contributed by atoms with Crippen LogP contribution in [-0.4, -0.2) is 4.98 Å². The van der Waals surface area contributed by atoms with Crippen molar-refractivity contribution in [2.24, 2.45) is 5.73 Å². The highest BCUT2D eigenvalue weighted by atomic mass is 32.1. The number of nitrogens with two attached hydrogens (primary N) is 1. The molecule has 0 aliphatic heterocycles. The molecule has 0 bridgehead atoms. The minimum absolute atomic E-state index is 0.350. The van der Waals surface area contributed by atoms with E-state index in [0.29, 0.717) is 17.1 Å². The van der Waals surface area contributed by atoms with Crippen molar-refractivity contribution < 1.29 is 13.2 Å². The number of halogens is 3. The van der Waals surface area contributed by atoms with Crippen molar-refractivity contribution in [1.29, 1.82) is 0 Å². The fourth-order valence-corrected chi connectivity index (χ4v) is 2.51. The van der Waals surface area contributed by atoms with Gasteiger partial charge < -0.3 is 5.73 Å². The average Bonchev–Trinajstić information content (AvgIpc) is 2.70. The summed E-state index contributed by atoms with van der Waals surface area (Å²) in [5, 5.41) is 0.569. The molecule has 2 N–H and O–H groups in total. The molecule has 1 heterocycles. The van der Waals surface area contributed by atoms with E-state index in [-0.39, 0.29) is 0 Å². The van der Waals surface area contributed by atoms with Crippen LogP contribution >= 0.6 is 11.3 Å². The van der Waals surface area contributed by atoms with E-state index in [0.717, 1.165) is 22.7 Å². The van der Waals surface area contributed by atoms with Gasteiger partial charge in [0.05, 0.1) is 11.3 Å². The third kappa shape index (κ3) is 2.54. The predicted octanol–water partition coefficient (Wildman–Crippen LogP) is 3.60. The van der Waals surface area contributed by atoms with Crippen molar-refractivity contribution in [3.63, 3.8) is 0 Å². The van der Waals surface area contributed by atoms with E-state index in [9.17, 15) is 13.2 Å². The second-order valence-electron chi connectivity index (χ2n) is 3.81. The number of rotatable bonds is 2. The molecule has 0 saturated heterocycles. The van der Waals surface area contributed by atoms with Crippen molar-refractivity contribution in [2.75, 3.05) is 0 Å². The Morgan fingerprint density at radius 2 is 2.06 bits per heavy atom. The minimum atomic E-state index is -4.33. The van der Waals surface area contributed by atoms with Gasteiger partial charge in [-0.2, -0.15) is 13.2 Å². The highest BCUT2D eigenvalue weighted by Crippen LogP contribution is 2.34. The Hall–Kier alpha value is -1.40. The SMILES string of the molecule is Cc1nc(-c2cccc(C(F)(F)F)c2)sc1CN. The average molecular weight is 272 g/mol. The molecule has 18 heavy (non-hydrogen) atoms. The van der Waals surface area contributed by atoms with Gasteiger partial charge in [-0.15, -0.1) is 11.3 Å². The van der Waals surface area contributed by atoms with Crippen LogP contribution in [0, 0.1) is 6.92 Å². The van der Waals surface area contributed by atoms with E-state index in [1.165, 1.54) is 17.4 Å². The lowest BCUT2D eigenvalue weighted by Gasteiger charge is -2.07. The maximum atomic E-state index is 12.6. The largest absolute Gasteiger partial charge is 0.416 e. The first-order chi connectivity index (χ1) is 8.41. The number of hydrogen-bond donors (Lipinski definition) is 1. The summed E-state index contributed by atoms with van der Waals surface area (Å²) in [6.45, 7) is 2.15. The third-order valence-corrected chi connectivity index (χ3v) is 3.74. The summed E-state index contributed by atoms with van der Waals surface area (Å²) in [6, 6.07) is 5.16. The highest BCUT2D eigenvalue weighted by Gasteiger charge is 2.30. The van der Waals surface area contributed by atoms with Crippen LogP contribution in [0.3, 0.4) is 0 Å². The van der Waals surface area contributed by atoms with Crippen LogP contribution < -0.4 is 5.73 Å². The Morgan fingerprint density at radius 1 is 1.33 bits per heavy atom. The topological polar surface area (TPSA) is 38.9 Å². The summed E-state index contributed by atoms with van der Waals surface area (Å²) in [6.07, 6.45) is -4.33. The smallest absolute Gasteiger partial charge is 0.326 e. The molecule has 0 saturated carbocycles. The van der Waals surface area contributed by atoms with E-state index >= 15 is 0 Å². The Bertz CT molecular complexity index is 561. The van der Waals surface area contributed by atoms with Crippen LogP contribution in [0.4, 0.5) is 13.2 Å². The second kappa shape index (κ2) is 4.70. The number of nitrogens with zero attached hydrogens (tertiary/aromatic N) is 1. The quantitative estimate of drug-likeness (QED) is 0.907. The molecule has 0 aliphatic rings. The van der Waals surface area contributed by atoms with Crippen LogP contribution in [-0.2, 0) is 12.7 Å². The van der Waals surface area contributed by atoms with Crippen molar-refractivity contribution in [3.8, 4) is 10.6 Å². The summed E-state index contributed by atoms with van der Waals surface area (Å²) in [5.41, 5.74) is 6.11. The first-order valence-electron chi connectivity index (χ1n) is 5.26. The zero-order valence-electron chi connectivity index (χ0n) is 9.58. The molecule has 0 radical (unpaired) electrons. The van der Waals surface area contributed by atoms with Gasteiger partial charge in [-0.25, -0.2) is 4.98 Å². The summed E-state index contributed by atoms with van der Waals surface area (Å²) in [5.74, 6) is 0.